The highest BCUT2D eigenvalue weighted by molar-refractivity contribution is 6.31. The summed E-state index contributed by atoms with van der Waals surface area (Å²) in [5, 5.41) is 0.886. The summed E-state index contributed by atoms with van der Waals surface area (Å²) in [6.07, 6.45) is 2.25. The van der Waals surface area contributed by atoms with Crippen LogP contribution in [0.15, 0.2) is 24.3 Å². The Hall–Kier alpha value is -0.530. The molecule has 0 saturated carbocycles. The zero-order chi connectivity index (χ0) is 10.4. The standard InChI is InChI=1S/C12H18ClN/c1-3-9-14(2)10-8-11-6-4-5-7-12(11)13/h4-7H,3,8-10H2,1-2H3. The molecule has 2 heteroatoms. The van der Waals surface area contributed by atoms with Crippen molar-refractivity contribution in [1.29, 1.82) is 0 Å². The lowest BCUT2D eigenvalue weighted by molar-refractivity contribution is 0.339. The molecule has 0 aliphatic carbocycles. The largest absolute Gasteiger partial charge is 0.306 e. The lowest BCUT2D eigenvalue weighted by atomic mass is 10.1. The van der Waals surface area contributed by atoms with Gasteiger partial charge in [0, 0.05) is 11.6 Å². The van der Waals surface area contributed by atoms with Gasteiger partial charge < -0.3 is 4.90 Å². The van der Waals surface area contributed by atoms with Crippen LogP contribution in [0.3, 0.4) is 0 Å². The molecule has 0 fully saturated rings. The summed E-state index contributed by atoms with van der Waals surface area (Å²) in [6, 6.07) is 8.07. The van der Waals surface area contributed by atoms with Crippen LogP contribution in [0.2, 0.25) is 5.02 Å². The molecule has 1 aromatic rings. The maximum absolute atomic E-state index is 6.07. The van der Waals surface area contributed by atoms with Crippen molar-refractivity contribution in [3.8, 4) is 0 Å². The van der Waals surface area contributed by atoms with E-state index >= 15 is 0 Å². The number of benzene rings is 1. The Labute approximate surface area is 91.7 Å². The monoisotopic (exact) mass is 211 g/mol. The fourth-order valence-electron chi connectivity index (χ4n) is 1.51. The zero-order valence-electron chi connectivity index (χ0n) is 8.96. The number of hydrogen-bond acceptors (Lipinski definition) is 1. The first-order chi connectivity index (χ1) is 6.74. The van der Waals surface area contributed by atoms with Crippen molar-refractivity contribution in [3.05, 3.63) is 34.9 Å². The van der Waals surface area contributed by atoms with E-state index in [4.69, 9.17) is 11.6 Å². The average Bonchev–Trinajstić information content (AvgIpc) is 2.17. The number of nitrogens with zero attached hydrogens (tertiary/aromatic N) is 1. The Bertz CT molecular complexity index is 273. The van der Waals surface area contributed by atoms with Gasteiger partial charge in [0.05, 0.1) is 0 Å². The van der Waals surface area contributed by atoms with Gasteiger partial charge >= 0.3 is 0 Å². The molecule has 0 atom stereocenters. The van der Waals surface area contributed by atoms with Crippen molar-refractivity contribution in [2.45, 2.75) is 19.8 Å². The van der Waals surface area contributed by atoms with Crippen molar-refractivity contribution in [1.82, 2.24) is 4.90 Å². The molecule has 0 N–H and O–H groups in total. The second kappa shape index (κ2) is 6.05. The van der Waals surface area contributed by atoms with Gasteiger partial charge in [0.2, 0.25) is 0 Å². The summed E-state index contributed by atoms with van der Waals surface area (Å²) in [5.41, 5.74) is 1.25. The number of rotatable bonds is 5. The van der Waals surface area contributed by atoms with Gasteiger partial charge in [-0.05, 0) is 38.1 Å². The van der Waals surface area contributed by atoms with E-state index in [1.807, 2.05) is 18.2 Å². The molecule has 0 aliphatic rings. The van der Waals surface area contributed by atoms with Crippen molar-refractivity contribution in [2.75, 3.05) is 20.1 Å². The Morgan fingerprint density at radius 3 is 2.57 bits per heavy atom. The number of likely N-dealkylation sites (N-methyl/N-ethyl adjacent to an activating group) is 1. The maximum atomic E-state index is 6.07. The molecule has 0 spiro atoms. The molecule has 0 bridgehead atoms. The quantitative estimate of drug-likeness (QED) is 0.723. The predicted molar refractivity (Wildman–Crippen MR) is 62.9 cm³/mol. The molecule has 0 amide bonds. The summed E-state index contributed by atoms with van der Waals surface area (Å²) >= 11 is 6.07. The Kier molecular flexibility index (Phi) is 4.99. The van der Waals surface area contributed by atoms with Crippen molar-refractivity contribution in [2.24, 2.45) is 0 Å². The van der Waals surface area contributed by atoms with Crippen LogP contribution in [-0.2, 0) is 6.42 Å². The molecule has 0 heterocycles. The van der Waals surface area contributed by atoms with Crippen LogP contribution < -0.4 is 0 Å². The fourth-order valence-corrected chi connectivity index (χ4v) is 1.74. The van der Waals surface area contributed by atoms with Gasteiger partial charge in [0.15, 0.2) is 0 Å². The highest BCUT2D eigenvalue weighted by Crippen LogP contribution is 2.15. The molecule has 14 heavy (non-hydrogen) atoms. The molecule has 0 unspecified atom stereocenters. The van der Waals surface area contributed by atoms with E-state index in [1.165, 1.54) is 12.0 Å². The van der Waals surface area contributed by atoms with Crippen molar-refractivity contribution < 1.29 is 0 Å². The average molecular weight is 212 g/mol. The Morgan fingerprint density at radius 2 is 1.93 bits per heavy atom. The molecule has 1 rings (SSSR count). The Morgan fingerprint density at radius 1 is 1.21 bits per heavy atom. The topological polar surface area (TPSA) is 3.24 Å². The van der Waals surface area contributed by atoms with Gasteiger partial charge in [-0.15, -0.1) is 0 Å². The van der Waals surface area contributed by atoms with Crippen LogP contribution >= 0.6 is 11.6 Å². The third kappa shape index (κ3) is 3.69. The van der Waals surface area contributed by atoms with E-state index < -0.39 is 0 Å². The van der Waals surface area contributed by atoms with Crippen molar-refractivity contribution in [3.63, 3.8) is 0 Å². The minimum Gasteiger partial charge on any atom is -0.306 e. The first-order valence-electron chi connectivity index (χ1n) is 5.16. The molecule has 78 valence electrons. The van der Waals surface area contributed by atoms with Gasteiger partial charge in [-0.3, -0.25) is 0 Å². The molecule has 0 saturated heterocycles. The molecular weight excluding hydrogens is 194 g/mol. The number of halogens is 1. The van der Waals surface area contributed by atoms with Crippen LogP contribution in [0.25, 0.3) is 0 Å². The highest BCUT2D eigenvalue weighted by atomic mass is 35.5. The molecule has 1 aromatic carbocycles. The van der Waals surface area contributed by atoms with E-state index in [0.29, 0.717) is 0 Å². The second-order valence-electron chi connectivity index (χ2n) is 3.64. The van der Waals surface area contributed by atoms with Gasteiger partial charge in [-0.25, -0.2) is 0 Å². The first-order valence-corrected chi connectivity index (χ1v) is 5.53. The molecular formula is C12H18ClN. The molecule has 0 radical (unpaired) electrons. The minimum absolute atomic E-state index is 0.886. The molecule has 0 aliphatic heterocycles. The van der Waals surface area contributed by atoms with Crippen LogP contribution in [0.4, 0.5) is 0 Å². The van der Waals surface area contributed by atoms with E-state index in [0.717, 1.165) is 24.5 Å². The summed E-state index contributed by atoms with van der Waals surface area (Å²) in [5.74, 6) is 0. The smallest absolute Gasteiger partial charge is 0.0438 e. The highest BCUT2D eigenvalue weighted by Gasteiger charge is 2.01. The second-order valence-corrected chi connectivity index (χ2v) is 4.05. The van der Waals surface area contributed by atoms with E-state index in [1.54, 1.807) is 0 Å². The molecule has 1 nitrogen and oxygen atoms in total. The van der Waals surface area contributed by atoms with Crippen LogP contribution in [0.5, 0.6) is 0 Å². The van der Waals surface area contributed by atoms with E-state index in [9.17, 15) is 0 Å². The summed E-state index contributed by atoms with van der Waals surface area (Å²) < 4.78 is 0. The minimum atomic E-state index is 0.886. The fraction of sp³-hybridized carbons (Fsp3) is 0.500. The third-order valence-corrected chi connectivity index (χ3v) is 2.69. The summed E-state index contributed by atoms with van der Waals surface area (Å²) in [6.45, 7) is 4.44. The summed E-state index contributed by atoms with van der Waals surface area (Å²) in [7, 11) is 2.15. The third-order valence-electron chi connectivity index (χ3n) is 2.33. The molecule has 0 aromatic heterocycles. The lowest BCUT2D eigenvalue weighted by Crippen LogP contribution is -2.21. The van der Waals surface area contributed by atoms with Crippen LogP contribution in [-0.4, -0.2) is 25.0 Å². The van der Waals surface area contributed by atoms with Crippen LogP contribution in [0, 0.1) is 0 Å². The lowest BCUT2D eigenvalue weighted by Gasteiger charge is -2.15. The van der Waals surface area contributed by atoms with Gasteiger partial charge in [-0.1, -0.05) is 36.7 Å². The first kappa shape index (κ1) is 11.5. The zero-order valence-corrected chi connectivity index (χ0v) is 9.72. The SMILES string of the molecule is CCCN(C)CCc1ccccc1Cl. The van der Waals surface area contributed by atoms with Gasteiger partial charge in [0.1, 0.15) is 0 Å². The van der Waals surface area contributed by atoms with Crippen LogP contribution in [0.1, 0.15) is 18.9 Å². The predicted octanol–water partition coefficient (Wildman–Crippen LogP) is 3.22. The summed E-state index contributed by atoms with van der Waals surface area (Å²) in [4.78, 5) is 2.34. The maximum Gasteiger partial charge on any atom is 0.0438 e. The van der Waals surface area contributed by atoms with Crippen molar-refractivity contribution >= 4 is 11.6 Å². The van der Waals surface area contributed by atoms with Gasteiger partial charge in [-0.2, -0.15) is 0 Å². The van der Waals surface area contributed by atoms with Gasteiger partial charge in [0.25, 0.3) is 0 Å². The van der Waals surface area contributed by atoms with E-state index in [2.05, 4.69) is 24.9 Å². The van der Waals surface area contributed by atoms with E-state index in [-0.39, 0.29) is 0 Å². The normalized spacial score (nSPS) is 10.9. The number of hydrogen-bond donors (Lipinski definition) is 0. The Balaban J connectivity index is 2.41.